The van der Waals surface area contributed by atoms with E-state index in [-0.39, 0.29) is 5.69 Å². The molecule has 6 nitrogen and oxygen atoms in total. The van der Waals surface area contributed by atoms with E-state index in [2.05, 4.69) is 24.8 Å². The maximum atomic E-state index is 9.02. The number of nitrogens with zero attached hydrogens (tertiary/aromatic N) is 6. The van der Waals surface area contributed by atoms with Gasteiger partial charge in [0, 0.05) is 32.4 Å². The van der Waals surface area contributed by atoms with Crippen molar-refractivity contribution >= 4 is 23.2 Å². The fourth-order valence-corrected chi connectivity index (χ4v) is 2.62. The second kappa shape index (κ2) is 6.16. The highest BCUT2D eigenvalue weighted by molar-refractivity contribution is 6.31. The van der Waals surface area contributed by atoms with Gasteiger partial charge in [0.25, 0.3) is 0 Å². The highest BCUT2D eigenvalue weighted by atomic mass is 35.5. The molecule has 0 bridgehead atoms. The van der Waals surface area contributed by atoms with E-state index in [1.54, 1.807) is 12.3 Å². The Morgan fingerprint density at radius 1 is 1.05 bits per heavy atom. The largest absolute Gasteiger partial charge is 0.353 e. The molecule has 0 amide bonds. The maximum absolute atomic E-state index is 9.02. The third-order valence-corrected chi connectivity index (χ3v) is 3.93. The molecular formula is C15H15ClN6. The molecule has 1 aliphatic rings. The van der Waals surface area contributed by atoms with Crippen LogP contribution in [-0.2, 0) is 0 Å². The SMILES string of the molecule is Cc1nccc(N2CCN(c3ccc(Cl)c(C#N)n3)CC2)n1. The van der Waals surface area contributed by atoms with Crippen LogP contribution in [0.5, 0.6) is 0 Å². The van der Waals surface area contributed by atoms with Crippen LogP contribution in [0.2, 0.25) is 5.02 Å². The van der Waals surface area contributed by atoms with Gasteiger partial charge in [-0.2, -0.15) is 5.26 Å². The lowest BCUT2D eigenvalue weighted by molar-refractivity contribution is 0.640. The van der Waals surface area contributed by atoms with Crippen molar-refractivity contribution in [2.45, 2.75) is 6.92 Å². The smallest absolute Gasteiger partial charge is 0.161 e. The van der Waals surface area contributed by atoms with Crippen LogP contribution in [0.25, 0.3) is 0 Å². The van der Waals surface area contributed by atoms with Gasteiger partial charge >= 0.3 is 0 Å². The van der Waals surface area contributed by atoms with Gasteiger partial charge in [-0.3, -0.25) is 0 Å². The number of aryl methyl sites for hydroxylation is 1. The van der Waals surface area contributed by atoms with E-state index in [0.717, 1.165) is 43.6 Å². The molecule has 1 saturated heterocycles. The Bertz CT molecular complexity index is 718. The molecular weight excluding hydrogens is 300 g/mol. The molecule has 0 saturated carbocycles. The Labute approximate surface area is 134 Å². The van der Waals surface area contributed by atoms with Crippen LogP contribution in [0.15, 0.2) is 24.4 Å². The summed E-state index contributed by atoms with van der Waals surface area (Å²) in [6.07, 6.45) is 1.78. The Hall–Kier alpha value is -2.39. The molecule has 112 valence electrons. The summed E-state index contributed by atoms with van der Waals surface area (Å²) in [5.41, 5.74) is 0.271. The highest BCUT2D eigenvalue weighted by Gasteiger charge is 2.20. The highest BCUT2D eigenvalue weighted by Crippen LogP contribution is 2.21. The molecule has 1 aliphatic heterocycles. The van der Waals surface area contributed by atoms with Crippen LogP contribution < -0.4 is 9.80 Å². The fourth-order valence-electron chi connectivity index (χ4n) is 2.47. The average molecular weight is 315 g/mol. The third kappa shape index (κ3) is 2.95. The van der Waals surface area contributed by atoms with Crippen LogP contribution >= 0.6 is 11.6 Å². The van der Waals surface area contributed by atoms with E-state index < -0.39 is 0 Å². The van der Waals surface area contributed by atoms with Crippen molar-refractivity contribution in [2.24, 2.45) is 0 Å². The quantitative estimate of drug-likeness (QED) is 0.845. The third-order valence-electron chi connectivity index (χ3n) is 3.63. The first kappa shape index (κ1) is 14.5. The van der Waals surface area contributed by atoms with Gasteiger partial charge in [0.1, 0.15) is 23.5 Å². The van der Waals surface area contributed by atoms with Gasteiger partial charge in [-0.05, 0) is 25.1 Å². The number of rotatable bonds is 2. The van der Waals surface area contributed by atoms with E-state index in [4.69, 9.17) is 16.9 Å². The summed E-state index contributed by atoms with van der Waals surface area (Å²) in [7, 11) is 0. The first-order chi connectivity index (χ1) is 10.7. The number of pyridine rings is 1. The van der Waals surface area contributed by atoms with Gasteiger partial charge in [0.15, 0.2) is 5.69 Å². The minimum absolute atomic E-state index is 0.271. The number of nitriles is 1. The maximum Gasteiger partial charge on any atom is 0.161 e. The molecule has 0 aromatic carbocycles. The minimum Gasteiger partial charge on any atom is -0.353 e. The summed E-state index contributed by atoms with van der Waals surface area (Å²) in [5.74, 6) is 2.52. The Balaban J connectivity index is 1.71. The summed E-state index contributed by atoms with van der Waals surface area (Å²) in [6.45, 7) is 5.23. The molecule has 0 radical (unpaired) electrons. The van der Waals surface area contributed by atoms with E-state index in [0.29, 0.717) is 5.02 Å². The molecule has 3 rings (SSSR count). The normalized spacial score (nSPS) is 14.8. The summed E-state index contributed by atoms with van der Waals surface area (Å²) in [6, 6.07) is 7.53. The summed E-state index contributed by atoms with van der Waals surface area (Å²) < 4.78 is 0. The number of hydrogen-bond acceptors (Lipinski definition) is 6. The lowest BCUT2D eigenvalue weighted by Crippen LogP contribution is -2.47. The number of anilines is 2. The second-order valence-corrected chi connectivity index (χ2v) is 5.46. The van der Waals surface area contributed by atoms with Gasteiger partial charge in [-0.1, -0.05) is 11.6 Å². The van der Waals surface area contributed by atoms with E-state index in [9.17, 15) is 0 Å². The zero-order valence-corrected chi connectivity index (χ0v) is 13.0. The van der Waals surface area contributed by atoms with Gasteiger partial charge in [-0.15, -0.1) is 0 Å². The molecule has 7 heteroatoms. The molecule has 2 aromatic heterocycles. The van der Waals surface area contributed by atoms with Gasteiger partial charge in [-0.25, -0.2) is 15.0 Å². The van der Waals surface area contributed by atoms with Crippen LogP contribution in [-0.4, -0.2) is 41.1 Å². The first-order valence-electron chi connectivity index (χ1n) is 7.03. The number of piperazine rings is 1. The van der Waals surface area contributed by atoms with Gasteiger partial charge in [0.05, 0.1) is 5.02 Å². The minimum atomic E-state index is 0.271. The lowest BCUT2D eigenvalue weighted by atomic mass is 10.3. The average Bonchev–Trinajstić information content (AvgIpc) is 2.55. The molecule has 0 spiro atoms. The molecule has 0 N–H and O–H groups in total. The van der Waals surface area contributed by atoms with E-state index >= 15 is 0 Å². The molecule has 2 aromatic rings. The molecule has 22 heavy (non-hydrogen) atoms. The fraction of sp³-hybridized carbons (Fsp3) is 0.333. The molecule has 0 unspecified atom stereocenters. The predicted octanol–water partition coefficient (Wildman–Crippen LogP) is 2.03. The van der Waals surface area contributed by atoms with Crippen molar-refractivity contribution in [1.29, 1.82) is 5.26 Å². The molecule has 1 fully saturated rings. The van der Waals surface area contributed by atoms with Crippen molar-refractivity contribution < 1.29 is 0 Å². The van der Waals surface area contributed by atoms with Crippen LogP contribution in [0.1, 0.15) is 11.5 Å². The topological polar surface area (TPSA) is 68.9 Å². The van der Waals surface area contributed by atoms with Crippen molar-refractivity contribution in [1.82, 2.24) is 15.0 Å². The Morgan fingerprint density at radius 2 is 1.68 bits per heavy atom. The van der Waals surface area contributed by atoms with Crippen LogP contribution in [0.3, 0.4) is 0 Å². The number of aromatic nitrogens is 3. The molecule has 3 heterocycles. The van der Waals surface area contributed by atoms with E-state index in [1.165, 1.54) is 0 Å². The molecule has 0 aliphatic carbocycles. The number of halogens is 1. The van der Waals surface area contributed by atoms with Crippen molar-refractivity contribution in [3.8, 4) is 6.07 Å². The monoisotopic (exact) mass is 314 g/mol. The summed E-state index contributed by atoms with van der Waals surface area (Å²) in [4.78, 5) is 17.3. The van der Waals surface area contributed by atoms with Crippen molar-refractivity contribution in [3.63, 3.8) is 0 Å². The van der Waals surface area contributed by atoms with Crippen molar-refractivity contribution in [3.05, 3.63) is 40.9 Å². The van der Waals surface area contributed by atoms with Crippen LogP contribution in [0.4, 0.5) is 11.6 Å². The zero-order chi connectivity index (χ0) is 15.5. The van der Waals surface area contributed by atoms with Gasteiger partial charge in [0.2, 0.25) is 0 Å². The molecule has 0 atom stereocenters. The standard InChI is InChI=1S/C15H15ClN6/c1-11-18-5-4-15(19-11)22-8-6-21(7-9-22)14-3-2-12(16)13(10-17)20-14/h2-5H,6-9H2,1H3. The Morgan fingerprint density at radius 3 is 2.27 bits per heavy atom. The number of hydrogen-bond donors (Lipinski definition) is 0. The predicted molar refractivity (Wildman–Crippen MR) is 85.2 cm³/mol. The summed E-state index contributed by atoms with van der Waals surface area (Å²) >= 11 is 5.93. The first-order valence-corrected chi connectivity index (χ1v) is 7.41. The van der Waals surface area contributed by atoms with E-state index in [1.807, 2.05) is 25.1 Å². The lowest BCUT2D eigenvalue weighted by Gasteiger charge is -2.36. The second-order valence-electron chi connectivity index (χ2n) is 5.05. The zero-order valence-electron chi connectivity index (χ0n) is 12.2. The van der Waals surface area contributed by atoms with Gasteiger partial charge < -0.3 is 9.80 Å². The summed E-state index contributed by atoms with van der Waals surface area (Å²) in [5, 5.41) is 9.41. The van der Waals surface area contributed by atoms with Crippen LogP contribution in [0, 0.1) is 18.3 Å². The Kier molecular flexibility index (Phi) is 4.07. The van der Waals surface area contributed by atoms with Crippen molar-refractivity contribution in [2.75, 3.05) is 36.0 Å².